The highest BCUT2D eigenvalue weighted by atomic mass is 35.5. The number of halogens is 2. The first-order chi connectivity index (χ1) is 8.66. The molecule has 94 valence electrons. The molecule has 2 aromatic rings. The Labute approximate surface area is 118 Å². The third kappa shape index (κ3) is 3.49. The van der Waals surface area contributed by atoms with Gasteiger partial charge in [0.25, 0.3) is 0 Å². The van der Waals surface area contributed by atoms with Gasteiger partial charge in [0.05, 0.1) is 0 Å². The van der Waals surface area contributed by atoms with Crippen LogP contribution in [-0.4, -0.2) is 0 Å². The molecule has 0 fully saturated rings. The molecule has 2 aromatic carbocycles. The Morgan fingerprint density at radius 3 is 2.33 bits per heavy atom. The first kappa shape index (κ1) is 13.4. The number of hydrogen-bond donors (Lipinski definition) is 1. The zero-order chi connectivity index (χ0) is 13.0. The summed E-state index contributed by atoms with van der Waals surface area (Å²) in [5, 5.41) is 5.01. The molecule has 0 bridgehead atoms. The Kier molecular flexibility index (Phi) is 4.65. The third-order valence-electron chi connectivity index (χ3n) is 2.90. The fraction of sp³-hybridized carbons (Fsp3) is 0.200. The van der Waals surface area contributed by atoms with Crippen LogP contribution >= 0.6 is 23.2 Å². The maximum absolute atomic E-state index is 6.16. The van der Waals surface area contributed by atoms with Crippen molar-refractivity contribution in [3.8, 4) is 0 Å². The minimum Gasteiger partial charge on any atom is -0.306 e. The summed E-state index contributed by atoms with van der Waals surface area (Å²) in [6, 6.07) is 16.0. The summed E-state index contributed by atoms with van der Waals surface area (Å²) in [6.45, 7) is 2.90. The van der Waals surface area contributed by atoms with Crippen LogP contribution < -0.4 is 5.32 Å². The van der Waals surface area contributed by atoms with Gasteiger partial charge in [0, 0.05) is 22.6 Å². The minimum atomic E-state index is 0.217. The molecular formula is C15H15Cl2N. The van der Waals surface area contributed by atoms with Gasteiger partial charge < -0.3 is 5.32 Å². The van der Waals surface area contributed by atoms with E-state index in [0.717, 1.165) is 22.2 Å². The molecule has 0 heterocycles. The van der Waals surface area contributed by atoms with E-state index < -0.39 is 0 Å². The van der Waals surface area contributed by atoms with Crippen molar-refractivity contribution in [1.29, 1.82) is 0 Å². The highest BCUT2D eigenvalue weighted by Crippen LogP contribution is 2.22. The van der Waals surface area contributed by atoms with E-state index in [1.54, 1.807) is 0 Å². The first-order valence-electron chi connectivity index (χ1n) is 5.89. The molecule has 0 aromatic heterocycles. The zero-order valence-corrected chi connectivity index (χ0v) is 11.7. The van der Waals surface area contributed by atoms with E-state index in [-0.39, 0.29) is 6.04 Å². The molecule has 0 amide bonds. The lowest BCUT2D eigenvalue weighted by atomic mass is 10.1. The molecule has 1 atom stereocenters. The number of benzene rings is 2. The molecule has 0 saturated carbocycles. The van der Waals surface area contributed by atoms with E-state index in [1.807, 2.05) is 48.5 Å². The van der Waals surface area contributed by atoms with E-state index >= 15 is 0 Å². The van der Waals surface area contributed by atoms with Gasteiger partial charge in [-0.05, 0) is 36.2 Å². The average Bonchev–Trinajstić information content (AvgIpc) is 2.38. The summed E-state index contributed by atoms with van der Waals surface area (Å²) in [4.78, 5) is 0. The van der Waals surface area contributed by atoms with Crippen molar-refractivity contribution in [1.82, 2.24) is 5.32 Å². The second-order valence-electron chi connectivity index (χ2n) is 4.25. The molecule has 1 unspecified atom stereocenters. The summed E-state index contributed by atoms with van der Waals surface area (Å²) >= 11 is 12.0. The van der Waals surface area contributed by atoms with Crippen molar-refractivity contribution in [3.05, 3.63) is 69.7 Å². The fourth-order valence-corrected chi connectivity index (χ4v) is 2.23. The van der Waals surface area contributed by atoms with E-state index in [4.69, 9.17) is 23.2 Å². The predicted molar refractivity (Wildman–Crippen MR) is 78.2 cm³/mol. The Morgan fingerprint density at radius 2 is 1.67 bits per heavy atom. The van der Waals surface area contributed by atoms with Crippen LogP contribution in [0.4, 0.5) is 0 Å². The van der Waals surface area contributed by atoms with Crippen LogP contribution in [0, 0.1) is 0 Å². The number of rotatable bonds is 4. The van der Waals surface area contributed by atoms with Crippen molar-refractivity contribution in [2.75, 3.05) is 0 Å². The van der Waals surface area contributed by atoms with Gasteiger partial charge in [0.15, 0.2) is 0 Å². The van der Waals surface area contributed by atoms with Gasteiger partial charge >= 0.3 is 0 Å². The summed E-state index contributed by atoms with van der Waals surface area (Å²) in [5.41, 5.74) is 2.33. The van der Waals surface area contributed by atoms with Crippen molar-refractivity contribution in [3.63, 3.8) is 0 Å². The first-order valence-corrected chi connectivity index (χ1v) is 6.64. The second kappa shape index (κ2) is 6.24. The molecule has 0 aliphatic carbocycles. The van der Waals surface area contributed by atoms with Gasteiger partial charge in [-0.25, -0.2) is 0 Å². The molecule has 18 heavy (non-hydrogen) atoms. The summed E-state index contributed by atoms with van der Waals surface area (Å²) in [7, 11) is 0. The topological polar surface area (TPSA) is 12.0 Å². The molecular weight excluding hydrogens is 265 g/mol. The van der Waals surface area contributed by atoms with Crippen LogP contribution in [0.1, 0.15) is 24.1 Å². The monoisotopic (exact) mass is 279 g/mol. The van der Waals surface area contributed by atoms with Gasteiger partial charge in [0.2, 0.25) is 0 Å². The lowest BCUT2D eigenvalue weighted by Crippen LogP contribution is -2.18. The number of nitrogens with one attached hydrogen (secondary N) is 1. The molecule has 0 aliphatic rings. The van der Waals surface area contributed by atoms with Gasteiger partial charge in [-0.2, -0.15) is 0 Å². The maximum Gasteiger partial charge on any atom is 0.0453 e. The van der Waals surface area contributed by atoms with E-state index in [1.165, 1.54) is 5.56 Å². The molecule has 2 rings (SSSR count). The highest BCUT2D eigenvalue weighted by Gasteiger charge is 2.07. The summed E-state index contributed by atoms with van der Waals surface area (Å²) in [6.07, 6.45) is 0. The normalized spacial score (nSPS) is 12.4. The quantitative estimate of drug-likeness (QED) is 0.844. The van der Waals surface area contributed by atoms with Crippen molar-refractivity contribution >= 4 is 23.2 Å². The minimum absolute atomic E-state index is 0.217. The molecule has 0 saturated heterocycles. The Hall–Kier alpha value is -1.02. The standard InChI is InChI=1S/C15H15Cl2N/c1-11(14-4-2-3-5-15(14)17)18-10-12-6-8-13(16)9-7-12/h2-9,11,18H,10H2,1H3. The van der Waals surface area contributed by atoms with Crippen LogP contribution in [-0.2, 0) is 6.54 Å². The van der Waals surface area contributed by atoms with Crippen LogP contribution in [0.5, 0.6) is 0 Å². The average molecular weight is 280 g/mol. The lowest BCUT2D eigenvalue weighted by Gasteiger charge is -2.15. The van der Waals surface area contributed by atoms with Gasteiger partial charge in [-0.3, -0.25) is 0 Å². The molecule has 3 heteroatoms. The lowest BCUT2D eigenvalue weighted by molar-refractivity contribution is 0.575. The van der Waals surface area contributed by atoms with Crippen molar-refractivity contribution in [2.45, 2.75) is 19.5 Å². The fourth-order valence-electron chi connectivity index (χ4n) is 1.81. The number of hydrogen-bond acceptors (Lipinski definition) is 1. The SMILES string of the molecule is CC(NCc1ccc(Cl)cc1)c1ccccc1Cl. The van der Waals surface area contributed by atoms with Crippen molar-refractivity contribution < 1.29 is 0 Å². The smallest absolute Gasteiger partial charge is 0.0453 e. The Balaban J connectivity index is 1.98. The van der Waals surface area contributed by atoms with Crippen LogP contribution in [0.15, 0.2) is 48.5 Å². The highest BCUT2D eigenvalue weighted by molar-refractivity contribution is 6.31. The predicted octanol–water partition coefficient (Wildman–Crippen LogP) is 4.84. The molecule has 0 radical (unpaired) electrons. The summed E-state index contributed by atoms with van der Waals surface area (Å²) < 4.78 is 0. The summed E-state index contributed by atoms with van der Waals surface area (Å²) in [5.74, 6) is 0. The van der Waals surface area contributed by atoms with Gasteiger partial charge in [-0.1, -0.05) is 53.5 Å². The van der Waals surface area contributed by atoms with E-state index in [2.05, 4.69) is 12.2 Å². The van der Waals surface area contributed by atoms with Crippen molar-refractivity contribution in [2.24, 2.45) is 0 Å². The van der Waals surface area contributed by atoms with Gasteiger partial charge in [0.1, 0.15) is 0 Å². The molecule has 1 N–H and O–H groups in total. The second-order valence-corrected chi connectivity index (χ2v) is 5.09. The Morgan fingerprint density at radius 1 is 1.00 bits per heavy atom. The van der Waals surface area contributed by atoms with Gasteiger partial charge in [-0.15, -0.1) is 0 Å². The van der Waals surface area contributed by atoms with Crippen LogP contribution in [0.2, 0.25) is 10.0 Å². The third-order valence-corrected chi connectivity index (χ3v) is 3.49. The molecule has 0 spiro atoms. The molecule has 1 nitrogen and oxygen atoms in total. The van der Waals surface area contributed by atoms with E-state index in [9.17, 15) is 0 Å². The van der Waals surface area contributed by atoms with Crippen LogP contribution in [0.25, 0.3) is 0 Å². The van der Waals surface area contributed by atoms with Crippen LogP contribution in [0.3, 0.4) is 0 Å². The molecule has 0 aliphatic heterocycles. The maximum atomic E-state index is 6.16. The Bertz CT molecular complexity index is 508. The largest absolute Gasteiger partial charge is 0.306 e. The zero-order valence-electron chi connectivity index (χ0n) is 10.2. The van der Waals surface area contributed by atoms with E-state index in [0.29, 0.717) is 0 Å².